The molecule has 1 aliphatic heterocycles. The fourth-order valence-corrected chi connectivity index (χ4v) is 4.77. The summed E-state index contributed by atoms with van der Waals surface area (Å²) in [5.74, 6) is 0.431. The van der Waals surface area contributed by atoms with Crippen molar-refractivity contribution in [1.29, 1.82) is 0 Å². The first-order valence-corrected chi connectivity index (χ1v) is 10.4. The van der Waals surface area contributed by atoms with Crippen LogP contribution in [0.1, 0.15) is 5.76 Å². The van der Waals surface area contributed by atoms with Crippen LogP contribution in [0.25, 0.3) is 6.08 Å². The number of hydrogen-bond acceptors (Lipinski definition) is 5. The zero-order chi connectivity index (χ0) is 18.8. The number of furan rings is 1. The summed E-state index contributed by atoms with van der Waals surface area (Å²) in [5.41, 5.74) is 0.660. The van der Waals surface area contributed by atoms with Crippen LogP contribution in [0.4, 0.5) is 5.69 Å². The molecule has 1 saturated heterocycles. The van der Waals surface area contributed by atoms with Gasteiger partial charge in [0.2, 0.25) is 0 Å². The number of nitrogens with zero attached hydrogens (tertiary/aromatic N) is 1. The number of hydrogen-bond donors (Lipinski definition) is 0. The molecule has 134 valence electrons. The number of thiocarbonyl (C=S) groups is 1. The average Bonchev–Trinajstić information content (AvgIpc) is 3.20. The molecule has 3 aromatic rings. The molecule has 3 nitrogen and oxygen atoms in total. The highest BCUT2D eigenvalue weighted by Gasteiger charge is 2.33. The predicted molar refractivity (Wildman–Crippen MR) is 116 cm³/mol. The van der Waals surface area contributed by atoms with E-state index in [1.807, 2.05) is 42.5 Å². The number of anilines is 1. The van der Waals surface area contributed by atoms with Crippen molar-refractivity contribution in [2.75, 3.05) is 4.90 Å². The molecule has 0 aliphatic carbocycles. The van der Waals surface area contributed by atoms with E-state index in [2.05, 4.69) is 0 Å². The minimum Gasteiger partial charge on any atom is -0.450 e. The topological polar surface area (TPSA) is 33.5 Å². The fraction of sp³-hybridized carbons (Fsp3) is 0. The van der Waals surface area contributed by atoms with Crippen molar-refractivity contribution < 1.29 is 9.21 Å². The number of thioether (sulfide) groups is 1. The van der Waals surface area contributed by atoms with Gasteiger partial charge in [-0.1, -0.05) is 71.6 Å². The fourth-order valence-electron chi connectivity index (χ4n) is 2.51. The Labute approximate surface area is 175 Å². The molecule has 1 amide bonds. The summed E-state index contributed by atoms with van der Waals surface area (Å²) in [4.78, 5) is 15.9. The Morgan fingerprint density at radius 3 is 2.67 bits per heavy atom. The molecule has 27 heavy (non-hydrogen) atoms. The van der Waals surface area contributed by atoms with Gasteiger partial charge >= 0.3 is 0 Å². The average molecular weight is 430 g/mol. The highest BCUT2D eigenvalue weighted by Crippen LogP contribution is 2.37. The van der Waals surface area contributed by atoms with E-state index in [9.17, 15) is 4.79 Å². The molecule has 1 aliphatic rings. The van der Waals surface area contributed by atoms with Crippen molar-refractivity contribution >= 4 is 69.3 Å². The molecule has 0 saturated carbocycles. The molecule has 7 heteroatoms. The minimum atomic E-state index is -0.180. The first-order chi connectivity index (χ1) is 13.1. The van der Waals surface area contributed by atoms with Crippen molar-refractivity contribution in [3.05, 3.63) is 82.4 Å². The highest BCUT2D eigenvalue weighted by molar-refractivity contribution is 8.27. The van der Waals surface area contributed by atoms with E-state index >= 15 is 0 Å². The molecule has 0 radical (unpaired) electrons. The number of rotatable bonds is 4. The Balaban J connectivity index is 1.55. The first kappa shape index (κ1) is 18.4. The summed E-state index contributed by atoms with van der Waals surface area (Å²) >= 11 is 14.2. The van der Waals surface area contributed by atoms with Gasteiger partial charge in [0.1, 0.15) is 5.76 Å². The Morgan fingerprint density at radius 2 is 1.89 bits per heavy atom. The van der Waals surface area contributed by atoms with E-state index in [1.165, 1.54) is 28.4 Å². The van der Waals surface area contributed by atoms with Crippen LogP contribution >= 0.6 is 47.3 Å². The Bertz CT molecular complexity index is 1050. The molecule has 1 aromatic heterocycles. The molecule has 2 heterocycles. The Hall–Kier alpha value is -1.99. The Kier molecular flexibility index (Phi) is 5.41. The molecule has 0 atom stereocenters. The normalized spacial score (nSPS) is 15.7. The van der Waals surface area contributed by atoms with E-state index in [0.717, 1.165) is 9.99 Å². The van der Waals surface area contributed by atoms with Crippen LogP contribution < -0.4 is 4.90 Å². The molecule has 2 aromatic carbocycles. The SMILES string of the molecule is O=C1/C(=C/c2ccc(Sc3ccccc3)o2)SC(=S)N1c1cccc(Cl)c1. The smallest absolute Gasteiger partial charge is 0.270 e. The van der Waals surface area contributed by atoms with Crippen molar-refractivity contribution in [3.63, 3.8) is 0 Å². The highest BCUT2D eigenvalue weighted by atomic mass is 35.5. The predicted octanol–water partition coefficient (Wildman–Crippen LogP) is 6.49. The summed E-state index contributed by atoms with van der Waals surface area (Å²) < 4.78 is 6.30. The standard InChI is InChI=1S/C20H12ClNO2S3/c21-13-5-4-6-14(11-13)22-19(23)17(27-20(22)25)12-15-9-10-18(24-15)26-16-7-2-1-3-8-16/h1-12H/b17-12-. The third-order valence-electron chi connectivity index (χ3n) is 3.70. The van der Waals surface area contributed by atoms with Gasteiger partial charge in [-0.3, -0.25) is 9.69 Å². The van der Waals surface area contributed by atoms with E-state index < -0.39 is 0 Å². The number of carbonyl (C=O) groups is 1. The van der Waals surface area contributed by atoms with Gasteiger partial charge in [-0.2, -0.15) is 0 Å². The largest absolute Gasteiger partial charge is 0.450 e. The maximum absolute atomic E-state index is 12.8. The lowest BCUT2D eigenvalue weighted by atomic mass is 10.3. The zero-order valence-electron chi connectivity index (χ0n) is 13.8. The van der Waals surface area contributed by atoms with Gasteiger partial charge in [-0.25, -0.2) is 0 Å². The van der Waals surface area contributed by atoms with Crippen LogP contribution in [0, 0.1) is 0 Å². The van der Waals surface area contributed by atoms with Gasteiger partial charge in [0.25, 0.3) is 5.91 Å². The van der Waals surface area contributed by atoms with Gasteiger partial charge in [-0.05, 0) is 42.5 Å². The monoisotopic (exact) mass is 429 g/mol. The maximum Gasteiger partial charge on any atom is 0.270 e. The second-order valence-corrected chi connectivity index (χ2v) is 8.76. The van der Waals surface area contributed by atoms with Crippen LogP contribution in [0.15, 0.2) is 86.0 Å². The maximum atomic E-state index is 12.8. The molecule has 1 fully saturated rings. The number of amides is 1. The molecule has 0 spiro atoms. The van der Waals surface area contributed by atoms with Crippen LogP contribution in [0.2, 0.25) is 5.02 Å². The number of benzene rings is 2. The zero-order valence-corrected chi connectivity index (χ0v) is 17.0. The van der Waals surface area contributed by atoms with E-state index in [0.29, 0.717) is 25.7 Å². The van der Waals surface area contributed by atoms with Crippen LogP contribution in [-0.2, 0) is 4.79 Å². The van der Waals surface area contributed by atoms with Gasteiger partial charge in [0.05, 0.1) is 10.6 Å². The van der Waals surface area contributed by atoms with E-state index in [4.69, 9.17) is 28.2 Å². The van der Waals surface area contributed by atoms with Crippen molar-refractivity contribution in [2.45, 2.75) is 9.99 Å². The molecule has 4 rings (SSSR count). The molecule has 0 bridgehead atoms. The van der Waals surface area contributed by atoms with Crippen molar-refractivity contribution in [3.8, 4) is 0 Å². The summed E-state index contributed by atoms with van der Waals surface area (Å²) in [7, 11) is 0. The van der Waals surface area contributed by atoms with Gasteiger partial charge < -0.3 is 4.42 Å². The van der Waals surface area contributed by atoms with E-state index in [1.54, 1.807) is 30.3 Å². The van der Waals surface area contributed by atoms with Gasteiger partial charge in [0, 0.05) is 16.0 Å². The third-order valence-corrected chi connectivity index (χ3v) is 6.16. The second-order valence-electron chi connectivity index (χ2n) is 5.57. The lowest BCUT2D eigenvalue weighted by Gasteiger charge is -2.14. The lowest BCUT2D eigenvalue weighted by molar-refractivity contribution is -0.113. The van der Waals surface area contributed by atoms with E-state index in [-0.39, 0.29) is 5.91 Å². The lowest BCUT2D eigenvalue weighted by Crippen LogP contribution is -2.27. The van der Waals surface area contributed by atoms with Gasteiger partial charge in [0.15, 0.2) is 9.41 Å². The van der Waals surface area contributed by atoms with Crippen LogP contribution in [0.5, 0.6) is 0 Å². The summed E-state index contributed by atoms with van der Waals surface area (Å²) in [5, 5.41) is 1.32. The molecular weight excluding hydrogens is 418 g/mol. The molecule has 0 N–H and O–H groups in total. The Morgan fingerprint density at radius 1 is 1.07 bits per heavy atom. The third kappa shape index (κ3) is 4.14. The van der Waals surface area contributed by atoms with Crippen LogP contribution in [0.3, 0.4) is 0 Å². The first-order valence-electron chi connectivity index (χ1n) is 7.96. The molecule has 0 unspecified atom stereocenters. The van der Waals surface area contributed by atoms with Crippen molar-refractivity contribution in [1.82, 2.24) is 0 Å². The quantitative estimate of drug-likeness (QED) is 0.349. The van der Waals surface area contributed by atoms with Gasteiger partial charge in [-0.15, -0.1) is 0 Å². The number of carbonyl (C=O) groups excluding carboxylic acids is 1. The minimum absolute atomic E-state index is 0.180. The summed E-state index contributed by atoms with van der Waals surface area (Å²) in [6.07, 6.45) is 1.72. The summed E-state index contributed by atoms with van der Waals surface area (Å²) in [6.45, 7) is 0. The second kappa shape index (κ2) is 7.94. The van der Waals surface area contributed by atoms with Crippen molar-refractivity contribution in [2.24, 2.45) is 0 Å². The van der Waals surface area contributed by atoms with Crippen LogP contribution in [-0.4, -0.2) is 10.2 Å². The molecular formula is C20H12ClNO2S3. The number of halogens is 1. The summed E-state index contributed by atoms with van der Waals surface area (Å²) in [6, 6.07) is 20.8.